The number of carbonyl (C=O) groups excluding carboxylic acids is 1. The standard InChI is InChI=1S/C19H28N2O/c1-15(19(22)20-13-16-7-3-2-4-8-16)21-12-11-17-9-5-6-10-18(17)14-21/h5-6,9-10,15-16H,2-4,7-8,11-14H2,1H3,(H,20,22)/t15-/m1/s1. The first kappa shape index (κ1) is 15.5. The van der Waals surface area contributed by atoms with Gasteiger partial charge in [0.15, 0.2) is 0 Å². The van der Waals surface area contributed by atoms with Crippen molar-refractivity contribution in [1.82, 2.24) is 10.2 Å². The third kappa shape index (κ3) is 3.70. The van der Waals surface area contributed by atoms with Gasteiger partial charge in [0.1, 0.15) is 0 Å². The van der Waals surface area contributed by atoms with Crippen molar-refractivity contribution in [3.8, 4) is 0 Å². The van der Waals surface area contributed by atoms with Crippen LogP contribution in [0.5, 0.6) is 0 Å². The zero-order chi connectivity index (χ0) is 15.4. The van der Waals surface area contributed by atoms with Gasteiger partial charge in [0, 0.05) is 19.6 Å². The number of fused-ring (bicyclic) bond motifs is 1. The molecule has 0 radical (unpaired) electrons. The van der Waals surface area contributed by atoms with Gasteiger partial charge in [0.25, 0.3) is 0 Å². The summed E-state index contributed by atoms with van der Waals surface area (Å²) in [4.78, 5) is 14.7. The maximum atomic E-state index is 12.4. The Labute approximate surface area is 134 Å². The van der Waals surface area contributed by atoms with Crippen molar-refractivity contribution in [2.45, 2.75) is 58.0 Å². The summed E-state index contributed by atoms with van der Waals surface area (Å²) in [5.41, 5.74) is 2.81. The molecule has 1 N–H and O–H groups in total. The second kappa shape index (κ2) is 7.28. The lowest BCUT2D eigenvalue weighted by Crippen LogP contribution is -2.48. The number of nitrogens with one attached hydrogen (secondary N) is 1. The average molecular weight is 300 g/mol. The summed E-state index contributed by atoms with van der Waals surface area (Å²) >= 11 is 0. The Hall–Kier alpha value is -1.35. The molecule has 1 fully saturated rings. The maximum Gasteiger partial charge on any atom is 0.237 e. The van der Waals surface area contributed by atoms with Crippen LogP contribution in [0.3, 0.4) is 0 Å². The number of rotatable bonds is 4. The summed E-state index contributed by atoms with van der Waals surface area (Å²) in [6.07, 6.45) is 7.65. The summed E-state index contributed by atoms with van der Waals surface area (Å²) in [5, 5.41) is 3.19. The topological polar surface area (TPSA) is 32.3 Å². The maximum absolute atomic E-state index is 12.4. The highest BCUT2D eigenvalue weighted by molar-refractivity contribution is 5.81. The Kier molecular flexibility index (Phi) is 5.14. The smallest absolute Gasteiger partial charge is 0.237 e. The van der Waals surface area contributed by atoms with Gasteiger partial charge in [-0.25, -0.2) is 0 Å². The highest BCUT2D eigenvalue weighted by Gasteiger charge is 2.25. The van der Waals surface area contributed by atoms with E-state index in [2.05, 4.69) is 34.5 Å². The molecule has 0 spiro atoms. The van der Waals surface area contributed by atoms with Crippen molar-refractivity contribution in [2.75, 3.05) is 13.1 Å². The minimum absolute atomic E-state index is 0.0306. The molecule has 1 aromatic carbocycles. The second-order valence-electron chi connectivity index (χ2n) is 6.91. The molecule has 0 unspecified atom stereocenters. The van der Waals surface area contributed by atoms with Crippen LogP contribution in [0.1, 0.15) is 50.2 Å². The fourth-order valence-corrected chi connectivity index (χ4v) is 3.80. The molecule has 1 heterocycles. The third-order valence-electron chi connectivity index (χ3n) is 5.38. The Morgan fingerprint density at radius 1 is 1.23 bits per heavy atom. The summed E-state index contributed by atoms with van der Waals surface area (Å²) in [5.74, 6) is 0.900. The van der Waals surface area contributed by atoms with Gasteiger partial charge in [-0.3, -0.25) is 9.69 Å². The number of nitrogens with zero attached hydrogens (tertiary/aromatic N) is 1. The van der Waals surface area contributed by atoms with E-state index in [0.717, 1.165) is 26.1 Å². The van der Waals surface area contributed by atoms with Crippen LogP contribution in [-0.2, 0) is 17.8 Å². The van der Waals surface area contributed by atoms with Crippen molar-refractivity contribution in [3.63, 3.8) is 0 Å². The molecule has 0 saturated heterocycles. The van der Waals surface area contributed by atoms with Crippen molar-refractivity contribution < 1.29 is 4.79 Å². The van der Waals surface area contributed by atoms with Crippen LogP contribution in [0.2, 0.25) is 0 Å². The van der Waals surface area contributed by atoms with Crippen LogP contribution in [0.15, 0.2) is 24.3 Å². The molecular weight excluding hydrogens is 272 g/mol. The normalized spacial score (nSPS) is 21.1. The Balaban J connectivity index is 1.50. The lowest BCUT2D eigenvalue weighted by atomic mass is 9.89. The van der Waals surface area contributed by atoms with Crippen LogP contribution in [0.4, 0.5) is 0 Å². The molecule has 120 valence electrons. The van der Waals surface area contributed by atoms with E-state index >= 15 is 0 Å². The van der Waals surface area contributed by atoms with Crippen LogP contribution in [0, 0.1) is 5.92 Å². The SMILES string of the molecule is C[C@H](C(=O)NCC1CCCCC1)N1CCc2ccccc2C1. The average Bonchev–Trinajstić information content (AvgIpc) is 2.59. The zero-order valence-corrected chi connectivity index (χ0v) is 13.7. The van der Waals surface area contributed by atoms with Gasteiger partial charge in [-0.1, -0.05) is 43.5 Å². The van der Waals surface area contributed by atoms with Crippen molar-refractivity contribution >= 4 is 5.91 Å². The first-order valence-corrected chi connectivity index (χ1v) is 8.82. The molecular formula is C19H28N2O. The number of hydrogen-bond donors (Lipinski definition) is 1. The summed E-state index contributed by atoms with van der Waals surface area (Å²) < 4.78 is 0. The van der Waals surface area contributed by atoms with Crippen LogP contribution >= 0.6 is 0 Å². The Morgan fingerprint density at radius 3 is 2.73 bits per heavy atom. The minimum atomic E-state index is -0.0306. The molecule has 1 aliphatic heterocycles. The quantitative estimate of drug-likeness (QED) is 0.926. The van der Waals surface area contributed by atoms with Gasteiger partial charge < -0.3 is 5.32 Å². The predicted molar refractivity (Wildman–Crippen MR) is 89.6 cm³/mol. The number of hydrogen-bond acceptors (Lipinski definition) is 2. The fraction of sp³-hybridized carbons (Fsp3) is 0.632. The van der Waals surface area contributed by atoms with Gasteiger partial charge >= 0.3 is 0 Å². The predicted octanol–water partition coefficient (Wildman–Crippen LogP) is 3.13. The van der Waals surface area contributed by atoms with E-state index in [4.69, 9.17) is 0 Å². The van der Waals surface area contributed by atoms with Crippen molar-refractivity contribution in [1.29, 1.82) is 0 Å². The molecule has 1 aromatic rings. The minimum Gasteiger partial charge on any atom is -0.354 e. The van der Waals surface area contributed by atoms with Crippen LogP contribution in [0.25, 0.3) is 0 Å². The lowest BCUT2D eigenvalue weighted by molar-refractivity contribution is -0.126. The highest BCUT2D eigenvalue weighted by atomic mass is 16.2. The molecule has 0 aromatic heterocycles. The molecule has 2 aliphatic rings. The molecule has 3 rings (SSSR count). The van der Waals surface area contributed by atoms with E-state index in [1.807, 2.05) is 6.92 Å². The summed E-state index contributed by atoms with van der Waals surface area (Å²) in [6.45, 7) is 4.79. The van der Waals surface area contributed by atoms with Crippen molar-refractivity contribution in [2.24, 2.45) is 5.92 Å². The molecule has 3 heteroatoms. The Morgan fingerprint density at radius 2 is 1.95 bits per heavy atom. The van der Waals surface area contributed by atoms with Gasteiger partial charge in [0.2, 0.25) is 5.91 Å². The van der Waals surface area contributed by atoms with Gasteiger partial charge in [0.05, 0.1) is 6.04 Å². The molecule has 1 saturated carbocycles. The third-order valence-corrected chi connectivity index (χ3v) is 5.38. The van der Waals surface area contributed by atoms with Crippen LogP contribution in [-0.4, -0.2) is 29.9 Å². The van der Waals surface area contributed by atoms with Gasteiger partial charge in [-0.05, 0) is 43.2 Å². The van der Waals surface area contributed by atoms with E-state index in [-0.39, 0.29) is 11.9 Å². The van der Waals surface area contributed by atoms with E-state index in [9.17, 15) is 4.79 Å². The Bertz CT molecular complexity index is 508. The van der Waals surface area contributed by atoms with E-state index in [0.29, 0.717) is 5.92 Å². The largest absolute Gasteiger partial charge is 0.354 e. The van der Waals surface area contributed by atoms with Gasteiger partial charge in [-0.15, -0.1) is 0 Å². The second-order valence-corrected chi connectivity index (χ2v) is 6.91. The molecule has 1 atom stereocenters. The summed E-state index contributed by atoms with van der Waals surface area (Å²) in [6, 6.07) is 8.57. The molecule has 1 amide bonds. The van der Waals surface area contributed by atoms with Gasteiger partial charge in [-0.2, -0.15) is 0 Å². The monoisotopic (exact) mass is 300 g/mol. The van der Waals surface area contributed by atoms with E-state index in [1.165, 1.54) is 43.2 Å². The fourth-order valence-electron chi connectivity index (χ4n) is 3.80. The van der Waals surface area contributed by atoms with Crippen LogP contribution < -0.4 is 5.32 Å². The molecule has 1 aliphatic carbocycles. The van der Waals surface area contributed by atoms with Crippen molar-refractivity contribution in [3.05, 3.63) is 35.4 Å². The molecule has 22 heavy (non-hydrogen) atoms. The summed E-state index contributed by atoms with van der Waals surface area (Å²) in [7, 11) is 0. The first-order chi connectivity index (χ1) is 10.7. The zero-order valence-electron chi connectivity index (χ0n) is 13.7. The first-order valence-electron chi connectivity index (χ1n) is 8.82. The van der Waals surface area contributed by atoms with E-state index in [1.54, 1.807) is 0 Å². The molecule has 3 nitrogen and oxygen atoms in total. The number of amides is 1. The number of benzene rings is 1. The lowest BCUT2D eigenvalue weighted by Gasteiger charge is -2.33. The highest BCUT2D eigenvalue weighted by Crippen LogP contribution is 2.23. The molecule has 0 bridgehead atoms. The number of carbonyl (C=O) groups is 1. The van der Waals surface area contributed by atoms with E-state index < -0.39 is 0 Å².